The van der Waals surface area contributed by atoms with Crippen LogP contribution in [0.2, 0.25) is 0 Å². The van der Waals surface area contributed by atoms with E-state index in [0.29, 0.717) is 37.6 Å². The van der Waals surface area contributed by atoms with Crippen LogP contribution in [0.25, 0.3) is 0 Å². The van der Waals surface area contributed by atoms with Gasteiger partial charge in [0.05, 0.1) is 31.1 Å². The highest BCUT2D eigenvalue weighted by molar-refractivity contribution is 7.89. The Hall–Kier alpha value is -2.22. The van der Waals surface area contributed by atoms with Crippen LogP contribution < -0.4 is 9.80 Å². The number of carbonyl (C=O) groups is 1. The maximum atomic E-state index is 13.3. The Morgan fingerprint density at radius 1 is 1.00 bits per heavy atom. The number of sulfonamides is 1. The van der Waals surface area contributed by atoms with Gasteiger partial charge in [-0.1, -0.05) is 35.9 Å². The van der Waals surface area contributed by atoms with E-state index in [4.69, 9.17) is 0 Å². The third-order valence-electron chi connectivity index (χ3n) is 6.22. The zero-order valence-electron chi connectivity index (χ0n) is 17.9. The highest BCUT2D eigenvalue weighted by atomic mass is 32.2. The lowest BCUT2D eigenvalue weighted by Crippen LogP contribution is -3.15. The van der Waals surface area contributed by atoms with Gasteiger partial charge in [0.1, 0.15) is 0 Å². The van der Waals surface area contributed by atoms with Gasteiger partial charge >= 0.3 is 0 Å². The van der Waals surface area contributed by atoms with Crippen molar-refractivity contribution in [2.45, 2.75) is 32.1 Å². The van der Waals surface area contributed by atoms with Gasteiger partial charge in [0, 0.05) is 12.2 Å². The molecule has 0 aromatic heterocycles. The van der Waals surface area contributed by atoms with Crippen LogP contribution in [0.3, 0.4) is 0 Å². The third kappa shape index (κ3) is 3.89. The number of fused-ring (bicyclic) bond motifs is 1. The number of nitrogens with zero attached hydrogens (tertiary/aromatic N) is 2. The number of quaternary nitrogens is 1. The summed E-state index contributed by atoms with van der Waals surface area (Å²) in [6.07, 6.45) is 0.901. The van der Waals surface area contributed by atoms with Gasteiger partial charge in [-0.05, 0) is 49.9 Å². The average Bonchev–Trinajstić information content (AvgIpc) is 3.11. The summed E-state index contributed by atoms with van der Waals surface area (Å²) in [6, 6.07) is 11.9. The van der Waals surface area contributed by atoms with E-state index in [1.54, 1.807) is 4.31 Å². The zero-order valence-corrected chi connectivity index (χ0v) is 18.8. The molecule has 160 valence electrons. The number of hydrogen-bond donors (Lipinski definition) is 1. The quantitative estimate of drug-likeness (QED) is 0.793. The van der Waals surface area contributed by atoms with Crippen LogP contribution in [0.15, 0.2) is 41.3 Å². The number of benzene rings is 2. The van der Waals surface area contributed by atoms with Crippen molar-refractivity contribution in [3.05, 3.63) is 58.7 Å². The van der Waals surface area contributed by atoms with Crippen LogP contribution in [0.4, 0.5) is 5.69 Å². The molecule has 4 rings (SSSR count). The van der Waals surface area contributed by atoms with Crippen molar-refractivity contribution in [3.63, 3.8) is 0 Å². The zero-order chi connectivity index (χ0) is 21.5. The number of amides is 1. The third-order valence-corrected chi connectivity index (χ3v) is 8.43. The molecule has 0 aliphatic carbocycles. The average molecular weight is 429 g/mol. The van der Waals surface area contributed by atoms with E-state index in [-0.39, 0.29) is 5.91 Å². The lowest BCUT2D eigenvalue weighted by molar-refractivity contribution is -0.895. The minimum absolute atomic E-state index is 0.122. The summed E-state index contributed by atoms with van der Waals surface area (Å²) in [5, 5.41) is 0. The fourth-order valence-corrected chi connectivity index (χ4v) is 6.68. The molecule has 2 aliphatic heterocycles. The van der Waals surface area contributed by atoms with E-state index < -0.39 is 10.0 Å². The second-order valence-corrected chi connectivity index (χ2v) is 10.4. The molecule has 0 spiro atoms. The molecule has 0 saturated carbocycles. The Labute approximate surface area is 179 Å². The Bertz CT molecular complexity index is 1050. The maximum Gasteiger partial charge on any atom is 0.282 e. The number of piperazine rings is 1. The topological polar surface area (TPSA) is 62.1 Å². The van der Waals surface area contributed by atoms with Crippen LogP contribution in [0.1, 0.15) is 22.3 Å². The summed E-state index contributed by atoms with van der Waals surface area (Å²) < 4.78 is 28.1. The molecule has 0 radical (unpaired) electrons. The molecule has 1 N–H and O–H groups in total. The van der Waals surface area contributed by atoms with Gasteiger partial charge < -0.3 is 9.80 Å². The number of hydrogen-bond acceptors (Lipinski definition) is 3. The number of carbonyl (C=O) groups excluding carboxylic acids is 1. The first-order valence-corrected chi connectivity index (χ1v) is 12.0. The Morgan fingerprint density at radius 3 is 2.30 bits per heavy atom. The second kappa shape index (κ2) is 8.13. The number of nitrogens with one attached hydrogen (secondary N) is 1. The van der Waals surface area contributed by atoms with Gasteiger partial charge in [-0.3, -0.25) is 4.79 Å². The Balaban J connectivity index is 1.40. The summed E-state index contributed by atoms with van der Waals surface area (Å²) in [5.41, 5.74) is 4.91. The second-order valence-electron chi connectivity index (χ2n) is 8.48. The Kier molecular flexibility index (Phi) is 5.70. The molecule has 2 heterocycles. The Morgan fingerprint density at radius 2 is 1.63 bits per heavy atom. The first-order valence-electron chi connectivity index (χ1n) is 10.6. The smallest absolute Gasteiger partial charge is 0.282 e. The molecule has 7 heteroatoms. The molecule has 0 unspecified atom stereocenters. The first-order chi connectivity index (χ1) is 14.3. The highest BCUT2D eigenvalue weighted by Gasteiger charge is 2.34. The molecule has 0 atom stereocenters. The standard InChI is InChI=1S/C23H29N3O3S/c1-17-14-18(2)23(19(3)15-17)30(28,29)25-12-10-24(11-13-25)16-22(27)26-9-8-20-6-4-5-7-21(20)26/h4-7,14-15H,8-13,16H2,1-3H3/p+1. The van der Waals surface area contributed by atoms with Gasteiger partial charge in [-0.2, -0.15) is 4.31 Å². The van der Waals surface area contributed by atoms with Gasteiger partial charge in [-0.25, -0.2) is 8.42 Å². The highest BCUT2D eigenvalue weighted by Crippen LogP contribution is 2.27. The first kappa shape index (κ1) is 21.0. The van der Waals surface area contributed by atoms with Crippen LogP contribution in [-0.2, 0) is 21.2 Å². The van der Waals surface area contributed by atoms with Gasteiger partial charge in [0.2, 0.25) is 10.0 Å². The largest absolute Gasteiger partial charge is 0.325 e. The summed E-state index contributed by atoms with van der Waals surface area (Å²) in [5.74, 6) is 0.122. The van der Waals surface area contributed by atoms with Gasteiger partial charge in [0.25, 0.3) is 5.91 Å². The minimum Gasteiger partial charge on any atom is -0.325 e. The van der Waals surface area contributed by atoms with Crippen molar-refractivity contribution >= 4 is 21.6 Å². The fraction of sp³-hybridized carbons (Fsp3) is 0.435. The molecule has 30 heavy (non-hydrogen) atoms. The lowest BCUT2D eigenvalue weighted by Gasteiger charge is -2.32. The summed E-state index contributed by atoms with van der Waals surface area (Å²) >= 11 is 0. The SMILES string of the molecule is Cc1cc(C)c(S(=O)(=O)N2CC[NH+](CC(=O)N3CCc4ccccc43)CC2)c(C)c1. The van der Waals surface area contributed by atoms with Crippen LogP contribution in [0.5, 0.6) is 0 Å². The van der Waals surface area contributed by atoms with Crippen molar-refractivity contribution in [1.82, 2.24) is 4.31 Å². The van der Waals surface area contributed by atoms with Crippen LogP contribution >= 0.6 is 0 Å². The minimum atomic E-state index is -3.52. The maximum absolute atomic E-state index is 13.3. The molecule has 2 aliphatic rings. The van der Waals surface area contributed by atoms with E-state index in [0.717, 1.165) is 40.2 Å². The van der Waals surface area contributed by atoms with Crippen molar-refractivity contribution < 1.29 is 18.1 Å². The van der Waals surface area contributed by atoms with Crippen LogP contribution in [-0.4, -0.2) is 57.9 Å². The van der Waals surface area contributed by atoms with E-state index in [1.165, 1.54) is 5.56 Å². The molecule has 1 fully saturated rings. The summed E-state index contributed by atoms with van der Waals surface area (Å²) in [4.78, 5) is 16.3. The van der Waals surface area contributed by atoms with E-state index in [2.05, 4.69) is 6.07 Å². The monoisotopic (exact) mass is 428 g/mol. The molecule has 2 aromatic rings. The molecule has 1 saturated heterocycles. The number of rotatable bonds is 4. The summed E-state index contributed by atoms with van der Waals surface area (Å²) in [6.45, 7) is 9.01. The number of para-hydroxylation sites is 1. The predicted molar refractivity (Wildman–Crippen MR) is 117 cm³/mol. The molecular weight excluding hydrogens is 398 g/mol. The molecule has 1 amide bonds. The summed E-state index contributed by atoms with van der Waals surface area (Å²) in [7, 11) is -3.52. The van der Waals surface area contributed by atoms with Crippen molar-refractivity contribution in [1.29, 1.82) is 0 Å². The van der Waals surface area contributed by atoms with E-state index in [1.807, 2.05) is 56.0 Å². The van der Waals surface area contributed by atoms with Crippen LogP contribution in [0, 0.1) is 20.8 Å². The van der Waals surface area contributed by atoms with Crippen molar-refractivity contribution in [2.75, 3.05) is 44.2 Å². The fourth-order valence-electron chi connectivity index (χ4n) is 4.83. The van der Waals surface area contributed by atoms with Gasteiger partial charge in [0.15, 0.2) is 6.54 Å². The van der Waals surface area contributed by atoms with Gasteiger partial charge in [-0.15, -0.1) is 0 Å². The molecule has 0 bridgehead atoms. The molecule has 6 nitrogen and oxygen atoms in total. The van der Waals surface area contributed by atoms with Crippen molar-refractivity contribution in [3.8, 4) is 0 Å². The normalized spacial score (nSPS) is 17.9. The van der Waals surface area contributed by atoms with E-state index in [9.17, 15) is 13.2 Å². The van der Waals surface area contributed by atoms with E-state index >= 15 is 0 Å². The lowest BCUT2D eigenvalue weighted by atomic mass is 10.1. The molecular formula is C23H30N3O3S+. The predicted octanol–water partition coefficient (Wildman–Crippen LogP) is 1.09. The molecule has 2 aromatic carbocycles. The number of anilines is 1. The number of aryl methyl sites for hydroxylation is 3. The van der Waals surface area contributed by atoms with Crippen molar-refractivity contribution in [2.24, 2.45) is 0 Å².